The molecule has 0 aromatic carbocycles. The first-order valence-electron chi connectivity index (χ1n) is 6.09. The second-order valence-electron chi connectivity index (χ2n) is 4.84. The van der Waals surface area contributed by atoms with Gasteiger partial charge in [-0.25, -0.2) is 0 Å². The molecule has 1 heteroatoms. The molecule has 0 N–H and O–H groups in total. The number of ketones is 1. The lowest BCUT2D eigenvalue weighted by Gasteiger charge is -2.15. The Morgan fingerprint density at radius 3 is 2.80 bits per heavy atom. The zero-order chi connectivity index (χ0) is 10.8. The van der Waals surface area contributed by atoms with Gasteiger partial charge in [0.25, 0.3) is 0 Å². The van der Waals surface area contributed by atoms with Crippen molar-refractivity contribution in [1.29, 1.82) is 0 Å². The molecule has 0 aliphatic heterocycles. The molecule has 2 aliphatic rings. The van der Waals surface area contributed by atoms with Crippen LogP contribution in [0.2, 0.25) is 0 Å². The minimum absolute atomic E-state index is 0.231. The van der Waals surface area contributed by atoms with Gasteiger partial charge in [0, 0.05) is 12.3 Å². The Bertz CT molecular complexity index is 333. The average Bonchev–Trinajstić information content (AvgIpc) is 2.34. The smallest absolute Gasteiger partial charge is 0.140 e. The molecule has 0 amide bonds. The first-order chi connectivity index (χ1) is 7.20. The van der Waals surface area contributed by atoms with E-state index in [-0.39, 0.29) is 5.92 Å². The predicted octanol–water partition coefficient (Wildman–Crippen LogP) is 3.80. The second kappa shape index (κ2) is 4.34. The summed E-state index contributed by atoms with van der Waals surface area (Å²) in [7, 11) is 0. The fourth-order valence-corrected chi connectivity index (χ4v) is 2.80. The molecule has 0 spiro atoms. The number of carbonyl (C=O) groups excluding carboxylic acids is 1. The van der Waals surface area contributed by atoms with Gasteiger partial charge in [0.2, 0.25) is 0 Å². The lowest BCUT2D eigenvalue weighted by atomic mass is 9.88. The van der Waals surface area contributed by atoms with Crippen LogP contribution in [0.25, 0.3) is 0 Å². The van der Waals surface area contributed by atoms with Crippen molar-refractivity contribution in [3.8, 4) is 0 Å². The third kappa shape index (κ3) is 2.06. The van der Waals surface area contributed by atoms with E-state index in [1.54, 1.807) is 0 Å². The molecule has 2 bridgehead atoms. The van der Waals surface area contributed by atoms with Crippen molar-refractivity contribution in [3.05, 3.63) is 22.8 Å². The van der Waals surface area contributed by atoms with Crippen LogP contribution in [0.1, 0.15) is 52.4 Å². The normalized spacial score (nSPS) is 28.0. The van der Waals surface area contributed by atoms with Gasteiger partial charge in [-0.2, -0.15) is 0 Å². The van der Waals surface area contributed by atoms with Crippen molar-refractivity contribution in [2.45, 2.75) is 52.4 Å². The Kier molecular flexibility index (Phi) is 3.08. The molecule has 0 radical (unpaired) electrons. The molecule has 0 aromatic rings. The fourth-order valence-electron chi connectivity index (χ4n) is 2.80. The standard InChI is InChI=1S/C14H20O/c1-10-11(2)13-8-5-7-12(10)6-3-4-9-14(13)15/h6,13H,3-5,7-9H2,1-2H3. The van der Waals surface area contributed by atoms with Crippen molar-refractivity contribution in [1.82, 2.24) is 0 Å². The summed E-state index contributed by atoms with van der Waals surface area (Å²) in [6, 6.07) is 0. The van der Waals surface area contributed by atoms with Crippen LogP contribution in [0.5, 0.6) is 0 Å². The van der Waals surface area contributed by atoms with Crippen LogP contribution >= 0.6 is 0 Å². The summed E-state index contributed by atoms with van der Waals surface area (Å²) in [4.78, 5) is 12.0. The highest BCUT2D eigenvalue weighted by molar-refractivity contribution is 5.84. The molecule has 15 heavy (non-hydrogen) atoms. The molecule has 1 unspecified atom stereocenters. The highest BCUT2D eigenvalue weighted by Crippen LogP contribution is 2.34. The van der Waals surface area contributed by atoms with Gasteiger partial charge in [-0.1, -0.05) is 11.6 Å². The Balaban J connectivity index is 2.43. The van der Waals surface area contributed by atoms with E-state index >= 15 is 0 Å². The molecule has 2 aliphatic carbocycles. The topological polar surface area (TPSA) is 17.1 Å². The van der Waals surface area contributed by atoms with E-state index in [4.69, 9.17) is 0 Å². The van der Waals surface area contributed by atoms with Gasteiger partial charge in [0.05, 0.1) is 0 Å². The first-order valence-corrected chi connectivity index (χ1v) is 6.09. The first kappa shape index (κ1) is 10.7. The molecule has 1 nitrogen and oxygen atoms in total. The average molecular weight is 204 g/mol. The van der Waals surface area contributed by atoms with E-state index in [1.807, 2.05) is 0 Å². The van der Waals surface area contributed by atoms with Crippen molar-refractivity contribution >= 4 is 5.78 Å². The number of Topliss-reactive ketones (excluding diaryl/α,β-unsaturated/α-hetero) is 1. The third-order valence-electron chi connectivity index (χ3n) is 3.94. The van der Waals surface area contributed by atoms with Gasteiger partial charge < -0.3 is 0 Å². The van der Waals surface area contributed by atoms with Gasteiger partial charge in [0.1, 0.15) is 5.78 Å². The van der Waals surface area contributed by atoms with Crippen molar-refractivity contribution < 1.29 is 4.79 Å². The van der Waals surface area contributed by atoms with Crippen LogP contribution in [-0.2, 0) is 4.79 Å². The number of hydrogen-bond acceptors (Lipinski definition) is 1. The maximum atomic E-state index is 12.0. The van der Waals surface area contributed by atoms with E-state index in [1.165, 1.54) is 29.6 Å². The minimum Gasteiger partial charge on any atom is -0.299 e. The molecule has 0 heterocycles. The van der Waals surface area contributed by atoms with E-state index < -0.39 is 0 Å². The van der Waals surface area contributed by atoms with Crippen LogP contribution in [0.3, 0.4) is 0 Å². The Hall–Kier alpha value is -0.850. The SMILES string of the molecule is CC1=C(C)C2CCCC1=CCCCC2=O. The van der Waals surface area contributed by atoms with E-state index in [0.29, 0.717) is 5.78 Å². The van der Waals surface area contributed by atoms with E-state index in [9.17, 15) is 4.79 Å². The number of allylic oxidation sites excluding steroid dienone is 4. The number of rotatable bonds is 0. The summed E-state index contributed by atoms with van der Waals surface area (Å²) in [6.45, 7) is 4.35. The lowest BCUT2D eigenvalue weighted by Crippen LogP contribution is -2.15. The van der Waals surface area contributed by atoms with Crippen molar-refractivity contribution in [2.24, 2.45) is 5.92 Å². The molecule has 82 valence electrons. The molecular weight excluding hydrogens is 184 g/mol. The Morgan fingerprint density at radius 1 is 1.20 bits per heavy atom. The highest BCUT2D eigenvalue weighted by atomic mass is 16.1. The number of carbonyl (C=O) groups is 1. The largest absolute Gasteiger partial charge is 0.299 e. The summed E-state index contributed by atoms with van der Waals surface area (Å²) in [6.07, 6.45) is 8.68. The fraction of sp³-hybridized carbons (Fsp3) is 0.643. The summed E-state index contributed by atoms with van der Waals surface area (Å²) < 4.78 is 0. The molecule has 0 saturated carbocycles. The van der Waals surface area contributed by atoms with Gasteiger partial charge in [-0.15, -0.1) is 0 Å². The highest BCUT2D eigenvalue weighted by Gasteiger charge is 2.25. The van der Waals surface area contributed by atoms with Gasteiger partial charge in [-0.3, -0.25) is 4.79 Å². The Labute approximate surface area is 92.3 Å². The van der Waals surface area contributed by atoms with Crippen LogP contribution in [0.15, 0.2) is 22.8 Å². The lowest BCUT2D eigenvalue weighted by molar-refractivity contribution is -0.122. The quantitative estimate of drug-likeness (QED) is 0.586. The van der Waals surface area contributed by atoms with Gasteiger partial charge >= 0.3 is 0 Å². The number of fused-ring (bicyclic) bond motifs is 2. The van der Waals surface area contributed by atoms with Crippen molar-refractivity contribution in [3.63, 3.8) is 0 Å². The van der Waals surface area contributed by atoms with Gasteiger partial charge in [-0.05, 0) is 57.1 Å². The second-order valence-corrected chi connectivity index (χ2v) is 4.84. The molecule has 0 saturated heterocycles. The molecule has 1 atom stereocenters. The summed E-state index contributed by atoms with van der Waals surface area (Å²) >= 11 is 0. The molecule has 2 rings (SSSR count). The molecule has 0 fully saturated rings. The van der Waals surface area contributed by atoms with Crippen LogP contribution in [0, 0.1) is 5.92 Å². The number of hydrogen-bond donors (Lipinski definition) is 0. The predicted molar refractivity (Wildman–Crippen MR) is 62.7 cm³/mol. The maximum absolute atomic E-state index is 12.0. The summed E-state index contributed by atoms with van der Waals surface area (Å²) in [5, 5.41) is 0. The van der Waals surface area contributed by atoms with E-state index in [0.717, 1.165) is 25.7 Å². The van der Waals surface area contributed by atoms with Crippen molar-refractivity contribution in [2.75, 3.05) is 0 Å². The summed E-state index contributed by atoms with van der Waals surface area (Å²) in [5.74, 6) is 0.706. The molecular formula is C14H20O. The molecule has 0 aromatic heterocycles. The monoisotopic (exact) mass is 204 g/mol. The van der Waals surface area contributed by atoms with Gasteiger partial charge in [0.15, 0.2) is 0 Å². The minimum atomic E-state index is 0.231. The maximum Gasteiger partial charge on any atom is 0.140 e. The van der Waals surface area contributed by atoms with Crippen LogP contribution in [0.4, 0.5) is 0 Å². The van der Waals surface area contributed by atoms with Crippen LogP contribution in [-0.4, -0.2) is 5.78 Å². The third-order valence-corrected chi connectivity index (χ3v) is 3.94. The summed E-state index contributed by atoms with van der Waals surface area (Å²) in [5.41, 5.74) is 4.24. The van der Waals surface area contributed by atoms with E-state index in [2.05, 4.69) is 19.9 Å². The zero-order valence-corrected chi connectivity index (χ0v) is 9.81. The van der Waals surface area contributed by atoms with Crippen LogP contribution < -0.4 is 0 Å². The zero-order valence-electron chi connectivity index (χ0n) is 9.81. The Morgan fingerprint density at radius 2 is 2.00 bits per heavy atom.